The molecule has 136 valence electrons. The van der Waals surface area contributed by atoms with Crippen LogP contribution in [0.15, 0.2) is 42.5 Å². The van der Waals surface area contributed by atoms with E-state index in [4.69, 9.17) is 0 Å². The maximum absolute atomic E-state index is 13.1. The minimum atomic E-state index is -0.447. The van der Waals surface area contributed by atoms with Gasteiger partial charge in [-0.3, -0.25) is 14.9 Å². The molecule has 2 aromatic rings. The molecule has 0 unspecified atom stereocenters. The van der Waals surface area contributed by atoms with Gasteiger partial charge in [0.05, 0.1) is 4.92 Å². The number of nitrogens with zero attached hydrogens (tertiary/aromatic N) is 2. The second-order valence-electron chi connectivity index (χ2n) is 6.29. The lowest BCUT2D eigenvalue weighted by Crippen LogP contribution is -2.26. The van der Waals surface area contributed by atoms with Crippen LogP contribution >= 0.6 is 0 Å². The average molecular weight is 357 g/mol. The molecule has 1 amide bonds. The zero-order chi connectivity index (χ0) is 18.5. The second-order valence-corrected chi connectivity index (χ2v) is 6.29. The fourth-order valence-corrected chi connectivity index (χ4v) is 3.15. The van der Waals surface area contributed by atoms with Crippen LogP contribution in [0.3, 0.4) is 0 Å². The van der Waals surface area contributed by atoms with Crippen LogP contribution in [-0.4, -0.2) is 30.5 Å². The Labute approximate surface area is 150 Å². The zero-order valence-electron chi connectivity index (χ0n) is 14.3. The quantitative estimate of drug-likeness (QED) is 0.636. The van der Waals surface area contributed by atoms with E-state index in [9.17, 15) is 19.3 Å². The summed E-state index contributed by atoms with van der Waals surface area (Å²) < 4.78 is 13.1. The number of nitro benzene ring substituents is 1. The zero-order valence-corrected chi connectivity index (χ0v) is 14.3. The molecule has 1 N–H and O–H groups in total. The molecule has 1 aliphatic rings. The first-order valence-electron chi connectivity index (χ1n) is 8.60. The molecule has 0 spiro atoms. The second kappa shape index (κ2) is 7.95. The molecule has 0 saturated carbocycles. The highest BCUT2D eigenvalue weighted by molar-refractivity contribution is 5.95. The summed E-state index contributed by atoms with van der Waals surface area (Å²) in [6.07, 6.45) is 2.51. The predicted molar refractivity (Wildman–Crippen MR) is 97.0 cm³/mol. The van der Waals surface area contributed by atoms with Crippen molar-refractivity contribution in [3.63, 3.8) is 0 Å². The molecule has 26 heavy (non-hydrogen) atoms. The lowest BCUT2D eigenvalue weighted by molar-refractivity contribution is -0.384. The van der Waals surface area contributed by atoms with Gasteiger partial charge in [0.1, 0.15) is 11.5 Å². The number of benzene rings is 2. The number of hydrogen-bond donors (Lipinski definition) is 1. The summed E-state index contributed by atoms with van der Waals surface area (Å²) in [7, 11) is 0. The summed E-state index contributed by atoms with van der Waals surface area (Å²) in [6, 6.07) is 10.8. The van der Waals surface area contributed by atoms with E-state index in [1.54, 1.807) is 24.3 Å². The molecule has 0 bridgehead atoms. The lowest BCUT2D eigenvalue weighted by Gasteiger charge is -2.17. The fraction of sp³-hybridized carbons (Fsp3) is 0.316. The van der Waals surface area contributed by atoms with Gasteiger partial charge in [0.25, 0.3) is 11.6 Å². The van der Waals surface area contributed by atoms with Gasteiger partial charge in [-0.25, -0.2) is 4.39 Å². The molecule has 1 heterocycles. The number of hydrogen-bond acceptors (Lipinski definition) is 4. The molecule has 3 rings (SSSR count). The van der Waals surface area contributed by atoms with Crippen molar-refractivity contribution in [2.45, 2.75) is 19.3 Å². The highest BCUT2D eigenvalue weighted by Gasteiger charge is 2.23. The fourth-order valence-electron chi connectivity index (χ4n) is 3.15. The van der Waals surface area contributed by atoms with Crippen LogP contribution in [-0.2, 0) is 6.42 Å². The molecule has 0 atom stereocenters. The van der Waals surface area contributed by atoms with Crippen molar-refractivity contribution < 1.29 is 14.1 Å². The van der Waals surface area contributed by atoms with Crippen molar-refractivity contribution in [2.75, 3.05) is 24.5 Å². The van der Waals surface area contributed by atoms with Crippen molar-refractivity contribution >= 4 is 17.3 Å². The number of carbonyl (C=O) groups excluding carboxylic acids is 1. The highest BCUT2D eigenvalue weighted by Crippen LogP contribution is 2.31. The first kappa shape index (κ1) is 17.8. The Morgan fingerprint density at radius 2 is 1.96 bits per heavy atom. The first-order valence-corrected chi connectivity index (χ1v) is 8.60. The monoisotopic (exact) mass is 357 g/mol. The summed E-state index contributed by atoms with van der Waals surface area (Å²) in [5.74, 6) is -0.695. The topological polar surface area (TPSA) is 75.5 Å². The summed E-state index contributed by atoms with van der Waals surface area (Å²) in [5.41, 5.74) is 1.54. The minimum Gasteiger partial charge on any atom is -0.366 e. The Bertz CT molecular complexity index is 819. The molecular weight excluding hydrogens is 337 g/mol. The van der Waals surface area contributed by atoms with Crippen LogP contribution in [0.5, 0.6) is 0 Å². The number of halogens is 1. The van der Waals surface area contributed by atoms with E-state index in [0.29, 0.717) is 18.7 Å². The number of carbonyl (C=O) groups is 1. The van der Waals surface area contributed by atoms with Gasteiger partial charge in [-0.2, -0.15) is 0 Å². The van der Waals surface area contributed by atoms with Gasteiger partial charge in [-0.15, -0.1) is 0 Å². The Kier molecular flexibility index (Phi) is 5.46. The van der Waals surface area contributed by atoms with Gasteiger partial charge in [-0.1, -0.05) is 12.1 Å². The smallest absolute Gasteiger partial charge is 0.293 e. The Hall–Kier alpha value is -2.96. The van der Waals surface area contributed by atoms with Crippen molar-refractivity contribution in [3.05, 3.63) is 69.5 Å². The Morgan fingerprint density at radius 3 is 2.65 bits per heavy atom. The molecule has 7 heteroatoms. The van der Waals surface area contributed by atoms with E-state index >= 15 is 0 Å². The standard InChI is InChI=1S/C19H20FN3O3/c20-16-5-3-4-14(12-16)8-9-21-19(24)15-6-7-17(18(13-15)23(25)26)22-10-1-2-11-22/h3-7,12-13H,1-2,8-11H2,(H,21,24). The Balaban J connectivity index is 1.67. The van der Waals surface area contributed by atoms with Crippen molar-refractivity contribution in [3.8, 4) is 0 Å². The third-order valence-corrected chi connectivity index (χ3v) is 4.47. The van der Waals surface area contributed by atoms with E-state index in [1.165, 1.54) is 18.2 Å². The highest BCUT2D eigenvalue weighted by atomic mass is 19.1. The summed E-state index contributed by atoms with van der Waals surface area (Å²) in [6.45, 7) is 1.91. The van der Waals surface area contributed by atoms with Gasteiger partial charge >= 0.3 is 0 Å². The maximum atomic E-state index is 13.1. The number of amides is 1. The SMILES string of the molecule is O=C(NCCc1cccc(F)c1)c1ccc(N2CCCC2)c([N+](=O)[O-])c1. The van der Waals surface area contributed by atoms with Gasteiger partial charge in [0, 0.05) is 31.3 Å². The van der Waals surface area contributed by atoms with Crippen LogP contribution < -0.4 is 10.2 Å². The van der Waals surface area contributed by atoms with Crippen LogP contribution in [0.2, 0.25) is 0 Å². The molecule has 0 aromatic heterocycles. The average Bonchev–Trinajstić information content (AvgIpc) is 3.15. The van der Waals surface area contributed by atoms with Crippen LogP contribution in [0.1, 0.15) is 28.8 Å². The number of nitro groups is 1. The van der Waals surface area contributed by atoms with E-state index in [1.807, 2.05) is 4.90 Å². The molecule has 0 radical (unpaired) electrons. The van der Waals surface area contributed by atoms with E-state index in [2.05, 4.69) is 5.32 Å². The summed E-state index contributed by atoms with van der Waals surface area (Å²) in [4.78, 5) is 25.2. The van der Waals surface area contributed by atoms with Gasteiger partial charge in [0.2, 0.25) is 0 Å². The van der Waals surface area contributed by atoms with Gasteiger partial charge < -0.3 is 10.2 Å². The summed E-state index contributed by atoms with van der Waals surface area (Å²) in [5, 5.41) is 14.1. The van der Waals surface area contributed by atoms with Crippen molar-refractivity contribution in [1.29, 1.82) is 0 Å². The third-order valence-electron chi connectivity index (χ3n) is 4.47. The molecule has 0 aliphatic carbocycles. The maximum Gasteiger partial charge on any atom is 0.293 e. The molecule has 1 aliphatic heterocycles. The Morgan fingerprint density at radius 1 is 1.19 bits per heavy atom. The number of rotatable bonds is 6. The molecule has 1 saturated heterocycles. The lowest BCUT2D eigenvalue weighted by atomic mass is 10.1. The molecule has 2 aromatic carbocycles. The number of nitrogens with one attached hydrogen (secondary N) is 1. The minimum absolute atomic E-state index is 0.0512. The van der Waals surface area contributed by atoms with Crippen molar-refractivity contribution in [1.82, 2.24) is 5.32 Å². The van der Waals surface area contributed by atoms with Gasteiger partial charge in [0.15, 0.2) is 0 Å². The van der Waals surface area contributed by atoms with E-state index in [0.717, 1.165) is 31.5 Å². The molecule has 1 fully saturated rings. The van der Waals surface area contributed by atoms with E-state index < -0.39 is 4.92 Å². The van der Waals surface area contributed by atoms with Crippen LogP contribution in [0, 0.1) is 15.9 Å². The molecule has 6 nitrogen and oxygen atoms in total. The predicted octanol–water partition coefficient (Wildman–Crippen LogP) is 3.31. The third kappa shape index (κ3) is 4.17. The number of anilines is 1. The van der Waals surface area contributed by atoms with Crippen LogP contribution in [0.25, 0.3) is 0 Å². The normalized spacial score (nSPS) is 13.7. The summed E-state index contributed by atoms with van der Waals surface area (Å²) >= 11 is 0. The molecular formula is C19H20FN3O3. The van der Waals surface area contributed by atoms with Crippen LogP contribution in [0.4, 0.5) is 15.8 Å². The van der Waals surface area contributed by atoms with E-state index in [-0.39, 0.29) is 23.0 Å². The first-order chi connectivity index (χ1) is 12.5. The van der Waals surface area contributed by atoms with Gasteiger partial charge in [-0.05, 0) is 49.1 Å². The van der Waals surface area contributed by atoms with Crippen molar-refractivity contribution in [2.24, 2.45) is 0 Å². The largest absolute Gasteiger partial charge is 0.366 e.